The summed E-state index contributed by atoms with van der Waals surface area (Å²) in [5.74, 6) is 0.938. The summed E-state index contributed by atoms with van der Waals surface area (Å²) in [6, 6.07) is 7.87. The average Bonchev–Trinajstić information content (AvgIpc) is 3.04. The average molecular weight is 320 g/mol. The van der Waals surface area contributed by atoms with Crippen molar-refractivity contribution in [1.82, 2.24) is 4.98 Å². The molecule has 0 aliphatic carbocycles. The van der Waals surface area contributed by atoms with E-state index in [1.54, 1.807) is 30.2 Å². The molecule has 1 saturated heterocycles. The fourth-order valence-corrected chi connectivity index (χ4v) is 4.38. The quantitative estimate of drug-likeness (QED) is 0.866. The van der Waals surface area contributed by atoms with Gasteiger partial charge in [-0.3, -0.25) is 9.69 Å². The molecule has 2 heterocycles. The number of nitrogens with zero attached hydrogens (tertiary/aromatic N) is 2. The number of carbonyl (C=O) groups is 1. The van der Waals surface area contributed by atoms with E-state index >= 15 is 0 Å². The van der Waals surface area contributed by atoms with Gasteiger partial charge in [-0.05, 0) is 31.5 Å². The van der Waals surface area contributed by atoms with Crippen LogP contribution < -0.4 is 9.64 Å². The summed E-state index contributed by atoms with van der Waals surface area (Å²) < 4.78 is 5.19. The summed E-state index contributed by atoms with van der Waals surface area (Å²) in [6.45, 7) is 3.95. The van der Waals surface area contributed by atoms with Crippen LogP contribution in [0.25, 0.3) is 0 Å². The van der Waals surface area contributed by atoms with E-state index in [1.807, 2.05) is 49.2 Å². The van der Waals surface area contributed by atoms with Gasteiger partial charge in [0.1, 0.15) is 11.1 Å². The number of ether oxygens (including phenoxy) is 1. The Bertz CT molecular complexity index is 654. The number of aromatic nitrogens is 1. The fourth-order valence-electron chi connectivity index (χ4n) is 2.27. The van der Waals surface area contributed by atoms with Crippen molar-refractivity contribution in [3.8, 4) is 5.75 Å². The maximum absolute atomic E-state index is 12.5. The number of aryl methyl sites for hydroxylation is 1. The minimum absolute atomic E-state index is 0.0241. The predicted octanol–water partition coefficient (Wildman–Crippen LogP) is 3.63. The summed E-state index contributed by atoms with van der Waals surface area (Å²) >= 11 is 3.21. The normalized spacial score (nSPS) is 21.9. The second kappa shape index (κ2) is 5.69. The van der Waals surface area contributed by atoms with E-state index in [0.717, 1.165) is 21.3 Å². The van der Waals surface area contributed by atoms with Gasteiger partial charge in [0.2, 0.25) is 5.91 Å². The monoisotopic (exact) mass is 320 g/mol. The molecule has 0 bridgehead atoms. The Morgan fingerprint density at radius 2 is 2.00 bits per heavy atom. The van der Waals surface area contributed by atoms with Gasteiger partial charge in [0.25, 0.3) is 0 Å². The summed E-state index contributed by atoms with van der Waals surface area (Å²) in [4.78, 5) is 19.8. The Morgan fingerprint density at radius 3 is 2.57 bits per heavy atom. The van der Waals surface area contributed by atoms with E-state index in [-0.39, 0.29) is 16.5 Å². The molecule has 2 aromatic rings. The molecule has 21 heavy (non-hydrogen) atoms. The highest BCUT2D eigenvalue weighted by Gasteiger charge is 2.40. The zero-order chi connectivity index (χ0) is 15.0. The molecule has 3 rings (SSSR count). The molecule has 1 aliphatic heterocycles. The number of thioether (sulfide) groups is 1. The summed E-state index contributed by atoms with van der Waals surface area (Å²) in [5, 5.41) is 0.695. The molecular weight excluding hydrogens is 304 g/mol. The highest BCUT2D eigenvalue weighted by Crippen LogP contribution is 2.46. The first kappa shape index (κ1) is 14.4. The summed E-state index contributed by atoms with van der Waals surface area (Å²) in [7, 11) is 1.65. The van der Waals surface area contributed by atoms with Crippen LogP contribution in [0.5, 0.6) is 5.75 Å². The maximum atomic E-state index is 12.5. The van der Waals surface area contributed by atoms with Crippen LogP contribution in [0.3, 0.4) is 0 Å². The first-order chi connectivity index (χ1) is 10.1. The van der Waals surface area contributed by atoms with Crippen molar-refractivity contribution in [3.63, 3.8) is 0 Å². The Kier molecular flexibility index (Phi) is 3.91. The van der Waals surface area contributed by atoms with Gasteiger partial charge in [-0.25, -0.2) is 4.98 Å². The molecule has 0 radical (unpaired) electrons. The van der Waals surface area contributed by atoms with Crippen LogP contribution >= 0.6 is 23.1 Å². The second-order valence-electron chi connectivity index (χ2n) is 4.87. The molecule has 1 aromatic carbocycles. The first-order valence-corrected chi connectivity index (χ1v) is 8.41. The van der Waals surface area contributed by atoms with Crippen molar-refractivity contribution < 1.29 is 9.53 Å². The molecule has 4 nitrogen and oxygen atoms in total. The van der Waals surface area contributed by atoms with Crippen LogP contribution in [-0.4, -0.2) is 23.3 Å². The Labute approximate surface area is 132 Å². The highest BCUT2D eigenvalue weighted by molar-refractivity contribution is 8.01. The number of hydrogen-bond acceptors (Lipinski definition) is 5. The predicted molar refractivity (Wildman–Crippen MR) is 87.1 cm³/mol. The van der Waals surface area contributed by atoms with Crippen LogP contribution in [0, 0.1) is 6.92 Å². The number of benzene rings is 1. The number of amides is 1. The zero-order valence-electron chi connectivity index (χ0n) is 12.1. The Morgan fingerprint density at radius 1 is 1.29 bits per heavy atom. The van der Waals surface area contributed by atoms with Gasteiger partial charge in [-0.15, -0.1) is 23.1 Å². The third-order valence-electron chi connectivity index (χ3n) is 3.37. The van der Waals surface area contributed by atoms with Gasteiger partial charge in [0.15, 0.2) is 5.13 Å². The number of methoxy groups -OCH3 is 1. The molecule has 1 aromatic heterocycles. The maximum Gasteiger partial charge on any atom is 0.242 e. The smallest absolute Gasteiger partial charge is 0.242 e. The van der Waals surface area contributed by atoms with Gasteiger partial charge in [-0.1, -0.05) is 12.1 Å². The highest BCUT2D eigenvalue weighted by atomic mass is 32.2. The number of carbonyl (C=O) groups excluding carboxylic acids is 1. The third-order valence-corrected chi connectivity index (χ3v) is 5.63. The standard InChI is InChI=1S/C15H16N2O2S2/c1-9-8-16-15(20-9)17-13(18)10(2)21-14(17)11-4-6-12(19-3)7-5-11/h4-8,10,14H,1-3H3/t10-,14-/m1/s1. The molecule has 110 valence electrons. The number of thiazole rings is 1. The van der Waals surface area contributed by atoms with Crippen molar-refractivity contribution in [3.05, 3.63) is 40.9 Å². The molecule has 0 N–H and O–H groups in total. The molecule has 0 saturated carbocycles. The number of rotatable bonds is 3. The van der Waals surface area contributed by atoms with Crippen LogP contribution in [0.15, 0.2) is 30.5 Å². The van der Waals surface area contributed by atoms with Gasteiger partial charge in [-0.2, -0.15) is 0 Å². The van der Waals surface area contributed by atoms with Crippen LogP contribution in [-0.2, 0) is 4.79 Å². The van der Waals surface area contributed by atoms with Crippen molar-refractivity contribution in [2.45, 2.75) is 24.5 Å². The molecule has 1 aliphatic rings. The van der Waals surface area contributed by atoms with Gasteiger partial charge >= 0.3 is 0 Å². The fraction of sp³-hybridized carbons (Fsp3) is 0.333. The topological polar surface area (TPSA) is 42.4 Å². The molecule has 6 heteroatoms. The Hall–Kier alpha value is -1.53. The summed E-state index contributed by atoms with van der Waals surface area (Å²) in [5.41, 5.74) is 1.09. The largest absolute Gasteiger partial charge is 0.497 e. The van der Waals surface area contributed by atoms with Gasteiger partial charge in [0.05, 0.1) is 12.4 Å². The first-order valence-electron chi connectivity index (χ1n) is 6.65. The lowest BCUT2D eigenvalue weighted by molar-refractivity contribution is -0.117. The molecule has 1 fully saturated rings. The van der Waals surface area contributed by atoms with Gasteiger partial charge < -0.3 is 4.74 Å². The molecule has 1 amide bonds. The van der Waals surface area contributed by atoms with Crippen molar-refractivity contribution >= 4 is 34.1 Å². The Balaban J connectivity index is 1.96. The van der Waals surface area contributed by atoms with E-state index in [4.69, 9.17) is 4.74 Å². The number of anilines is 1. The molecule has 0 spiro atoms. The van der Waals surface area contributed by atoms with E-state index in [2.05, 4.69) is 4.98 Å². The van der Waals surface area contributed by atoms with Crippen LogP contribution in [0.1, 0.15) is 22.7 Å². The summed E-state index contributed by atoms with van der Waals surface area (Å²) in [6.07, 6.45) is 1.81. The van der Waals surface area contributed by atoms with Crippen molar-refractivity contribution in [1.29, 1.82) is 0 Å². The SMILES string of the molecule is COc1ccc([C@H]2S[C@H](C)C(=O)N2c2ncc(C)s2)cc1. The lowest BCUT2D eigenvalue weighted by Gasteiger charge is -2.21. The lowest BCUT2D eigenvalue weighted by atomic mass is 10.2. The van der Waals surface area contributed by atoms with Gasteiger partial charge in [0, 0.05) is 11.1 Å². The number of hydrogen-bond donors (Lipinski definition) is 0. The lowest BCUT2D eigenvalue weighted by Crippen LogP contribution is -2.29. The van der Waals surface area contributed by atoms with E-state index in [1.165, 1.54) is 0 Å². The molecular formula is C15H16N2O2S2. The van der Waals surface area contributed by atoms with Crippen LogP contribution in [0.4, 0.5) is 5.13 Å². The molecule has 0 unspecified atom stereocenters. The van der Waals surface area contributed by atoms with Crippen LogP contribution in [0.2, 0.25) is 0 Å². The third kappa shape index (κ3) is 2.65. The van der Waals surface area contributed by atoms with Crippen molar-refractivity contribution in [2.75, 3.05) is 12.0 Å². The second-order valence-corrected chi connectivity index (χ2v) is 7.50. The van der Waals surface area contributed by atoms with E-state index in [0.29, 0.717) is 0 Å². The van der Waals surface area contributed by atoms with E-state index < -0.39 is 0 Å². The molecule has 2 atom stereocenters. The van der Waals surface area contributed by atoms with Crippen molar-refractivity contribution in [2.24, 2.45) is 0 Å². The minimum atomic E-state index is -0.0543. The zero-order valence-corrected chi connectivity index (χ0v) is 13.7. The minimum Gasteiger partial charge on any atom is -0.497 e. The van der Waals surface area contributed by atoms with E-state index in [9.17, 15) is 4.79 Å².